The SMILES string of the molecule is CCC1C(=O)C(=O)C(C)C1C. The molecule has 0 aromatic carbocycles. The molecule has 62 valence electrons. The lowest BCUT2D eigenvalue weighted by Crippen LogP contribution is -2.14. The van der Waals surface area contributed by atoms with Crippen LogP contribution in [-0.4, -0.2) is 11.6 Å². The maximum absolute atomic E-state index is 11.2. The van der Waals surface area contributed by atoms with Gasteiger partial charge in [-0.3, -0.25) is 9.59 Å². The van der Waals surface area contributed by atoms with Crippen LogP contribution >= 0.6 is 0 Å². The fraction of sp³-hybridized carbons (Fsp3) is 0.778. The second kappa shape index (κ2) is 2.76. The van der Waals surface area contributed by atoms with Crippen molar-refractivity contribution in [2.75, 3.05) is 0 Å². The average molecular weight is 154 g/mol. The molecule has 2 nitrogen and oxygen atoms in total. The van der Waals surface area contributed by atoms with Crippen molar-refractivity contribution in [3.8, 4) is 0 Å². The molecule has 3 unspecified atom stereocenters. The monoisotopic (exact) mass is 154 g/mol. The highest BCUT2D eigenvalue weighted by Gasteiger charge is 2.42. The van der Waals surface area contributed by atoms with Crippen molar-refractivity contribution in [2.45, 2.75) is 27.2 Å². The molecule has 0 spiro atoms. The maximum atomic E-state index is 11.2. The fourth-order valence-corrected chi connectivity index (χ4v) is 1.79. The van der Waals surface area contributed by atoms with Crippen molar-refractivity contribution in [3.63, 3.8) is 0 Å². The van der Waals surface area contributed by atoms with Crippen molar-refractivity contribution in [2.24, 2.45) is 17.8 Å². The zero-order valence-electron chi connectivity index (χ0n) is 7.26. The van der Waals surface area contributed by atoms with Gasteiger partial charge in [-0.05, 0) is 12.3 Å². The van der Waals surface area contributed by atoms with Crippen molar-refractivity contribution in [1.29, 1.82) is 0 Å². The van der Waals surface area contributed by atoms with Crippen LogP contribution in [0.3, 0.4) is 0 Å². The molecule has 2 heteroatoms. The number of carbonyl (C=O) groups is 2. The van der Waals surface area contributed by atoms with E-state index in [1.807, 2.05) is 20.8 Å². The van der Waals surface area contributed by atoms with E-state index in [1.54, 1.807) is 0 Å². The minimum Gasteiger partial charge on any atom is -0.291 e. The van der Waals surface area contributed by atoms with E-state index < -0.39 is 0 Å². The average Bonchev–Trinajstić information content (AvgIpc) is 2.17. The lowest BCUT2D eigenvalue weighted by Gasteiger charge is -2.11. The summed E-state index contributed by atoms with van der Waals surface area (Å²) >= 11 is 0. The molecule has 1 fully saturated rings. The molecular formula is C9H14O2. The molecule has 3 atom stereocenters. The van der Waals surface area contributed by atoms with Crippen molar-refractivity contribution < 1.29 is 9.59 Å². The summed E-state index contributed by atoms with van der Waals surface area (Å²) in [4.78, 5) is 22.3. The summed E-state index contributed by atoms with van der Waals surface area (Å²) in [6, 6.07) is 0. The van der Waals surface area contributed by atoms with Crippen LogP contribution < -0.4 is 0 Å². The van der Waals surface area contributed by atoms with Crippen LogP contribution in [0.4, 0.5) is 0 Å². The quantitative estimate of drug-likeness (QED) is 0.535. The van der Waals surface area contributed by atoms with E-state index in [-0.39, 0.29) is 29.3 Å². The van der Waals surface area contributed by atoms with Gasteiger partial charge >= 0.3 is 0 Å². The van der Waals surface area contributed by atoms with Crippen LogP contribution in [0.15, 0.2) is 0 Å². The minimum atomic E-state index is -0.163. The third-order valence-corrected chi connectivity index (χ3v) is 2.86. The fourth-order valence-electron chi connectivity index (χ4n) is 1.79. The van der Waals surface area contributed by atoms with Crippen LogP contribution in [0.2, 0.25) is 0 Å². The maximum Gasteiger partial charge on any atom is 0.202 e. The Bertz CT molecular complexity index is 196. The van der Waals surface area contributed by atoms with E-state index in [1.165, 1.54) is 0 Å². The summed E-state index contributed by atoms with van der Waals surface area (Å²) in [7, 11) is 0. The molecule has 0 bridgehead atoms. The van der Waals surface area contributed by atoms with Gasteiger partial charge in [0.2, 0.25) is 11.6 Å². The first-order chi connectivity index (χ1) is 5.09. The second-order valence-corrected chi connectivity index (χ2v) is 3.39. The molecule has 0 amide bonds. The lowest BCUT2D eigenvalue weighted by molar-refractivity contribution is -0.136. The van der Waals surface area contributed by atoms with Gasteiger partial charge in [0.15, 0.2) is 0 Å². The van der Waals surface area contributed by atoms with Gasteiger partial charge in [-0.15, -0.1) is 0 Å². The Morgan fingerprint density at radius 1 is 1.18 bits per heavy atom. The molecule has 0 aliphatic heterocycles. The zero-order chi connectivity index (χ0) is 8.59. The zero-order valence-corrected chi connectivity index (χ0v) is 7.26. The summed E-state index contributed by atoms with van der Waals surface area (Å²) in [5.41, 5.74) is 0. The summed E-state index contributed by atoms with van der Waals surface area (Å²) in [5, 5.41) is 0. The highest BCUT2D eigenvalue weighted by Crippen LogP contribution is 2.32. The van der Waals surface area contributed by atoms with E-state index in [9.17, 15) is 9.59 Å². The van der Waals surface area contributed by atoms with E-state index in [0.717, 1.165) is 6.42 Å². The molecule has 0 saturated heterocycles. The summed E-state index contributed by atoms with van der Waals surface area (Å²) in [6.07, 6.45) is 0.802. The molecule has 0 N–H and O–H groups in total. The normalized spacial score (nSPS) is 38.3. The van der Waals surface area contributed by atoms with E-state index in [4.69, 9.17) is 0 Å². The molecule has 0 aromatic heterocycles. The molecular weight excluding hydrogens is 140 g/mol. The van der Waals surface area contributed by atoms with E-state index >= 15 is 0 Å². The first-order valence-corrected chi connectivity index (χ1v) is 4.17. The molecule has 1 aliphatic rings. The van der Waals surface area contributed by atoms with Gasteiger partial charge in [0.25, 0.3) is 0 Å². The minimum absolute atomic E-state index is 0.00231. The van der Waals surface area contributed by atoms with Gasteiger partial charge in [-0.25, -0.2) is 0 Å². The number of carbonyl (C=O) groups excluding carboxylic acids is 2. The smallest absolute Gasteiger partial charge is 0.202 e. The van der Waals surface area contributed by atoms with Crippen molar-refractivity contribution >= 4 is 11.6 Å². The molecule has 1 rings (SSSR count). The van der Waals surface area contributed by atoms with Gasteiger partial charge in [0, 0.05) is 11.8 Å². The first kappa shape index (κ1) is 8.44. The van der Waals surface area contributed by atoms with Gasteiger partial charge in [-0.2, -0.15) is 0 Å². The van der Waals surface area contributed by atoms with Crippen molar-refractivity contribution in [3.05, 3.63) is 0 Å². The van der Waals surface area contributed by atoms with Crippen molar-refractivity contribution in [1.82, 2.24) is 0 Å². The number of rotatable bonds is 1. The van der Waals surface area contributed by atoms with Crippen LogP contribution in [0.25, 0.3) is 0 Å². The Morgan fingerprint density at radius 2 is 1.73 bits per heavy atom. The highest BCUT2D eigenvalue weighted by atomic mass is 16.2. The third kappa shape index (κ3) is 1.10. The van der Waals surface area contributed by atoms with Gasteiger partial charge in [0.05, 0.1) is 0 Å². The lowest BCUT2D eigenvalue weighted by atomic mass is 9.90. The summed E-state index contributed by atoms with van der Waals surface area (Å²) in [6.45, 7) is 5.80. The molecule has 1 saturated carbocycles. The topological polar surface area (TPSA) is 34.1 Å². The number of Topliss-reactive ketones (excluding diaryl/α,β-unsaturated/α-hetero) is 2. The Hall–Kier alpha value is -0.660. The van der Waals surface area contributed by atoms with Crippen LogP contribution in [0, 0.1) is 17.8 Å². The molecule has 0 heterocycles. The first-order valence-electron chi connectivity index (χ1n) is 4.17. The van der Waals surface area contributed by atoms with Crippen LogP contribution in [0.5, 0.6) is 0 Å². The molecule has 1 aliphatic carbocycles. The Labute approximate surface area is 67.0 Å². The standard InChI is InChI=1S/C9H14O2/c1-4-7-5(2)6(3)8(10)9(7)11/h5-7H,4H2,1-3H3. The Kier molecular flexibility index (Phi) is 2.12. The Morgan fingerprint density at radius 3 is 1.91 bits per heavy atom. The van der Waals surface area contributed by atoms with Gasteiger partial charge in [0.1, 0.15) is 0 Å². The van der Waals surface area contributed by atoms with Crippen LogP contribution in [0.1, 0.15) is 27.2 Å². The molecule has 0 aromatic rings. The molecule has 0 radical (unpaired) electrons. The second-order valence-electron chi connectivity index (χ2n) is 3.39. The van der Waals surface area contributed by atoms with E-state index in [2.05, 4.69) is 0 Å². The highest BCUT2D eigenvalue weighted by molar-refractivity contribution is 6.40. The summed E-state index contributed by atoms with van der Waals surface area (Å²) in [5.74, 6) is -0.109. The van der Waals surface area contributed by atoms with Gasteiger partial charge in [-0.1, -0.05) is 20.8 Å². The number of hydrogen-bond donors (Lipinski definition) is 0. The Balaban J connectivity index is 2.86. The number of ketones is 2. The molecule has 11 heavy (non-hydrogen) atoms. The number of hydrogen-bond acceptors (Lipinski definition) is 2. The predicted molar refractivity (Wildman–Crippen MR) is 42.1 cm³/mol. The third-order valence-electron chi connectivity index (χ3n) is 2.86. The summed E-state index contributed by atoms with van der Waals surface area (Å²) < 4.78 is 0. The largest absolute Gasteiger partial charge is 0.291 e. The van der Waals surface area contributed by atoms with E-state index in [0.29, 0.717) is 0 Å². The van der Waals surface area contributed by atoms with Gasteiger partial charge < -0.3 is 0 Å². The van der Waals surface area contributed by atoms with Crippen LogP contribution in [-0.2, 0) is 9.59 Å². The predicted octanol–water partition coefficient (Wildman–Crippen LogP) is 1.44.